The molecule has 2 rings (SSSR count). The van der Waals surface area contributed by atoms with Crippen molar-refractivity contribution in [2.45, 2.75) is 45.1 Å². The summed E-state index contributed by atoms with van der Waals surface area (Å²) in [5, 5.41) is 7.18. The Morgan fingerprint density at radius 2 is 1.92 bits per heavy atom. The SMILES string of the molecule is CC1(CNCC2(C)CCCN2)CC1. The van der Waals surface area contributed by atoms with Gasteiger partial charge in [0.2, 0.25) is 0 Å². The molecule has 1 aliphatic carbocycles. The van der Waals surface area contributed by atoms with E-state index in [1.165, 1.54) is 38.8 Å². The molecule has 0 amide bonds. The van der Waals surface area contributed by atoms with Crippen LogP contribution in [0.25, 0.3) is 0 Å². The summed E-state index contributed by atoms with van der Waals surface area (Å²) in [6.45, 7) is 8.27. The average Bonchev–Trinajstić information content (AvgIpc) is 2.62. The van der Waals surface area contributed by atoms with Crippen molar-refractivity contribution in [1.29, 1.82) is 0 Å². The van der Waals surface area contributed by atoms with Crippen LogP contribution in [0, 0.1) is 5.41 Å². The van der Waals surface area contributed by atoms with Crippen LogP contribution in [0.1, 0.15) is 39.5 Å². The van der Waals surface area contributed by atoms with E-state index in [2.05, 4.69) is 24.5 Å². The van der Waals surface area contributed by atoms with Gasteiger partial charge >= 0.3 is 0 Å². The van der Waals surface area contributed by atoms with Crippen LogP contribution in [0.15, 0.2) is 0 Å². The Kier molecular flexibility index (Phi) is 2.37. The van der Waals surface area contributed by atoms with Gasteiger partial charge in [0.15, 0.2) is 0 Å². The monoisotopic (exact) mass is 182 g/mol. The minimum absolute atomic E-state index is 0.380. The smallest absolute Gasteiger partial charge is 0.0278 e. The molecule has 76 valence electrons. The van der Waals surface area contributed by atoms with Gasteiger partial charge in [-0.05, 0) is 44.6 Å². The van der Waals surface area contributed by atoms with Gasteiger partial charge in [0, 0.05) is 18.6 Å². The van der Waals surface area contributed by atoms with Gasteiger partial charge in [-0.2, -0.15) is 0 Å². The molecule has 2 nitrogen and oxygen atoms in total. The van der Waals surface area contributed by atoms with E-state index in [9.17, 15) is 0 Å². The first-order valence-electron chi connectivity index (χ1n) is 5.58. The maximum atomic E-state index is 3.61. The van der Waals surface area contributed by atoms with E-state index in [4.69, 9.17) is 0 Å². The number of hydrogen-bond donors (Lipinski definition) is 2. The van der Waals surface area contributed by atoms with Crippen molar-refractivity contribution < 1.29 is 0 Å². The van der Waals surface area contributed by atoms with Crippen molar-refractivity contribution in [3.8, 4) is 0 Å². The second kappa shape index (κ2) is 3.25. The van der Waals surface area contributed by atoms with Crippen molar-refractivity contribution in [3.63, 3.8) is 0 Å². The van der Waals surface area contributed by atoms with E-state index >= 15 is 0 Å². The lowest BCUT2D eigenvalue weighted by Gasteiger charge is -2.25. The van der Waals surface area contributed by atoms with Crippen LogP contribution in [-0.4, -0.2) is 25.2 Å². The molecule has 1 saturated heterocycles. The van der Waals surface area contributed by atoms with E-state index in [0.29, 0.717) is 11.0 Å². The zero-order valence-corrected chi connectivity index (χ0v) is 8.95. The molecule has 0 spiro atoms. The van der Waals surface area contributed by atoms with Gasteiger partial charge in [-0.25, -0.2) is 0 Å². The summed E-state index contributed by atoms with van der Waals surface area (Å²) in [4.78, 5) is 0. The third kappa shape index (κ3) is 2.44. The summed E-state index contributed by atoms with van der Waals surface area (Å²) < 4.78 is 0. The fourth-order valence-electron chi connectivity index (χ4n) is 2.14. The predicted molar refractivity (Wildman–Crippen MR) is 55.9 cm³/mol. The molecule has 2 fully saturated rings. The third-order valence-electron chi connectivity index (χ3n) is 3.63. The van der Waals surface area contributed by atoms with Crippen molar-refractivity contribution in [3.05, 3.63) is 0 Å². The average molecular weight is 182 g/mol. The summed E-state index contributed by atoms with van der Waals surface area (Å²) in [6, 6.07) is 0. The predicted octanol–water partition coefficient (Wildman–Crippen LogP) is 1.52. The molecule has 0 radical (unpaired) electrons. The second-order valence-electron chi connectivity index (χ2n) is 5.51. The topological polar surface area (TPSA) is 24.1 Å². The van der Waals surface area contributed by atoms with Gasteiger partial charge in [-0.3, -0.25) is 0 Å². The Morgan fingerprint density at radius 1 is 1.15 bits per heavy atom. The van der Waals surface area contributed by atoms with Gasteiger partial charge in [0.05, 0.1) is 0 Å². The van der Waals surface area contributed by atoms with Gasteiger partial charge in [-0.1, -0.05) is 6.92 Å². The van der Waals surface area contributed by atoms with E-state index in [1.807, 2.05) is 0 Å². The lowest BCUT2D eigenvalue weighted by molar-refractivity contribution is 0.365. The number of nitrogens with one attached hydrogen (secondary N) is 2. The van der Waals surface area contributed by atoms with Crippen molar-refractivity contribution in [1.82, 2.24) is 10.6 Å². The molecule has 0 aromatic heterocycles. The maximum absolute atomic E-state index is 3.61. The molecule has 2 aliphatic rings. The van der Waals surface area contributed by atoms with Gasteiger partial charge in [0.25, 0.3) is 0 Å². The standard InChI is InChI=1S/C11H22N2/c1-10(5-6-10)8-12-9-11(2)4-3-7-13-11/h12-13H,3-9H2,1-2H3. The second-order valence-corrected chi connectivity index (χ2v) is 5.51. The zero-order chi connectivity index (χ0) is 9.36. The summed E-state index contributed by atoms with van der Waals surface area (Å²) in [5.41, 5.74) is 1.03. The van der Waals surface area contributed by atoms with Crippen molar-refractivity contribution in [2.75, 3.05) is 19.6 Å². The lowest BCUT2D eigenvalue weighted by Crippen LogP contribution is -2.46. The molecule has 1 atom stereocenters. The molecule has 13 heavy (non-hydrogen) atoms. The molecule has 0 bridgehead atoms. The Bertz CT molecular complexity index is 179. The molecular weight excluding hydrogens is 160 g/mol. The Balaban J connectivity index is 1.66. The maximum Gasteiger partial charge on any atom is 0.0278 e. The molecule has 2 N–H and O–H groups in total. The third-order valence-corrected chi connectivity index (χ3v) is 3.63. The molecule has 0 aromatic carbocycles. The molecular formula is C11H22N2. The molecule has 1 heterocycles. The Hall–Kier alpha value is -0.0800. The Morgan fingerprint density at radius 3 is 2.46 bits per heavy atom. The van der Waals surface area contributed by atoms with E-state index in [1.54, 1.807) is 0 Å². The van der Waals surface area contributed by atoms with Gasteiger partial charge in [-0.15, -0.1) is 0 Å². The van der Waals surface area contributed by atoms with Crippen LogP contribution >= 0.6 is 0 Å². The first kappa shape index (κ1) is 9.47. The van der Waals surface area contributed by atoms with Gasteiger partial charge < -0.3 is 10.6 Å². The molecule has 2 heteroatoms. The highest BCUT2D eigenvalue weighted by Crippen LogP contribution is 2.44. The van der Waals surface area contributed by atoms with E-state index in [-0.39, 0.29) is 0 Å². The molecule has 1 unspecified atom stereocenters. The highest BCUT2D eigenvalue weighted by atomic mass is 15.1. The van der Waals surface area contributed by atoms with Crippen LogP contribution in [0.2, 0.25) is 0 Å². The van der Waals surface area contributed by atoms with Crippen LogP contribution < -0.4 is 10.6 Å². The first-order chi connectivity index (χ1) is 6.12. The number of hydrogen-bond acceptors (Lipinski definition) is 2. The fraction of sp³-hybridized carbons (Fsp3) is 1.00. The highest BCUT2D eigenvalue weighted by Gasteiger charge is 2.37. The van der Waals surface area contributed by atoms with Crippen LogP contribution in [-0.2, 0) is 0 Å². The van der Waals surface area contributed by atoms with Crippen LogP contribution in [0.3, 0.4) is 0 Å². The van der Waals surface area contributed by atoms with E-state index < -0.39 is 0 Å². The van der Waals surface area contributed by atoms with E-state index in [0.717, 1.165) is 6.54 Å². The minimum atomic E-state index is 0.380. The minimum Gasteiger partial charge on any atom is -0.314 e. The molecule has 1 saturated carbocycles. The number of rotatable bonds is 4. The molecule has 0 aromatic rings. The van der Waals surface area contributed by atoms with Crippen molar-refractivity contribution in [2.24, 2.45) is 5.41 Å². The largest absolute Gasteiger partial charge is 0.314 e. The fourth-order valence-corrected chi connectivity index (χ4v) is 2.14. The first-order valence-corrected chi connectivity index (χ1v) is 5.58. The zero-order valence-electron chi connectivity index (χ0n) is 8.95. The normalized spacial score (nSPS) is 36.5. The summed E-state index contributed by atoms with van der Waals surface area (Å²) in [5.74, 6) is 0. The molecule has 1 aliphatic heterocycles. The summed E-state index contributed by atoms with van der Waals surface area (Å²) in [6.07, 6.45) is 5.51. The van der Waals surface area contributed by atoms with Crippen molar-refractivity contribution >= 4 is 0 Å². The Labute approximate surface area is 81.5 Å². The quantitative estimate of drug-likeness (QED) is 0.689. The van der Waals surface area contributed by atoms with Gasteiger partial charge in [0.1, 0.15) is 0 Å². The highest BCUT2D eigenvalue weighted by molar-refractivity contribution is 4.94. The lowest BCUT2D eigenvalue weighted by atomic mass is 10.00. The van der Waals surface area contributed by atoms with Crippen LogP contribution in [0.4, 0.5) is 0 Å². The summed E-state index contributed by atoms with van der Waals surface area (Å²) >= 11 is 0. The summed E-state index contributed by atoms with van der Waals surface area (Å²) in [7, 11) is 0. The van der Waals surface area contributed by atoms with Crippen LogP contribution in [0.5, 0.6) is 0 Å².